The third kappa shape index (κ3) is 13.1. The number of nitrogens with zero attached hydrogens (tertiary/aromatic N) is 9. The summed E-state index contributed by atoms with van der Waals surface area (Å²) in [5.41, 5.74) is -5.49. The lowest BCUT2D eigenvalue weighted by Crippen LogP contribution is -2.08. The van der Waals surface area contributed by atoms with Crippen LogP contribution in [0.4, 0.5) is 33.6 Å². The standard InChI is InChI=1S/C39H33N9O24S7/c1-3-71-27-8-7-23-34(36(27)79(68,69)70)73-39(40-23)46-42-25-16-28(72-9-4-10-74(53,54)55)26(11-17(25)2)43-44-30-29(77(62,63)64)15-22-21(33(30)49)5-6-24(35(22)78(65,66)67)41-45-31-32(38(51)52)47-48(37(31)50)18-12-19(75(56,57)58)14-20(13-18)76(59,60)61/h5-8,11-16,49-50H,3-4,9-10H2,1-2H3,(H,51,52)(H,53,54,55)(H,56,57,58)(H,59,60,61)(H,62,63,64)(H,65,66,67)(H,68,69,70). The van der Waals surface area contributed by atoms with E-state index in [1.807, 2.05) is 0 Å². The fourth-order valence-electron chi connectivity index (χ4n) is 7.00. The Bertz CT molecular complexity index is 4470. The maximum atomic E-state index is 13.0. The average Bonchev–Trinajstić information content (AvgIpc) is 4.02. The highest BCUT2D eigenvalue weighted by Crippen LogP contribution is 2.47. The summed E-state index contributed by atoms with van der Waals surface area (Å²) in [6.07, 6.45) is -0.332. The minimum absolute atomic E-state index is 0.0196. The van der Waals surface area contributed by atoms with Crippen LogP contribution in [0.3, 0.4) is 0 Å². The van der Waals surface area contributed by atoms with E-state index in [9.17, 15) is 97.9 Å². The molecule has 0 spiro atoms. The quantitative estimate of drug-likeness (QED) is 0.0221. The number of azo groups is 3. The Morgan fingerprint density at radius 1 is 0.633 bits per heavy atom. The van der Waals surface area contributed by atoms with Crippen molar-refractivity contribution < 1.29 is 107 Å². The number of carboxylic acid groups (broad SMARTS) is 1. The molecule has 2 heterocycles. The van der Waals surface area contributed by atoms with E-state index in [0.717, 1.165) is 12.1 Å². The fraction of sp³-hybridized carbons (Fsp3) is 0.154. The molecule has 0 atom stereocenters. The molecule has 79 heavy (non-hydrogen) atoms. The number of phenols is 1. The zero-order chi connectivity index (χ0) is 58.5. The van der Waals surface area contributed by atoms with E-state index in [-0.39, 0.29) is 67.6 Å². The van der Waals surface area contributed by atoms with E-state index in [1.54, 1.807) is 6.92 Å². The van der Waals surface area contributed by atoms with E-state index in [0.29, 0.717) is 35.6 Å². The summed E-state index contributed by atoms with van der Waals surface area (Å²) in [4.78, 5) is 10.7. The van der Waals surface area contributed by atoms with Gasteiger partial charge in [0.25, 0.3) is 60.7 Å². The van der Waals surface area contributed by atoms with E-state index in [1.165, 1.54) is 25.1 Å². The zero-order valence-electron chi connectivity index (χ0n) is 39.1. The Labute approximate surface area is 447 Å². The molecule has 0 amide bonds. The molecule has 5 aromatic carbocycles. The number of carbonyl (C=O) groups is 1. The molecule has 420 valence electrons. The molecule has 0 aliphatic heterocycles. The molecule has 0 aliphatic rings. The van der Waals surface area contributed by atoms with Crippen molar-refractivity contribution in [1.29, 1.82) is 0 Å². The molecule has 7 aromatic rings. The first-order valence-corrected chi connectivity index (χ1v) is 30.6. The third-order valence-electron chi connectivity index (χ3n) is 10.3. The van der Waals surface area contributed by atoms with Crippen LogP contribution in [0.1, 0.15) is 29.4 Å². The predicted molar refractivity (Wildman–Crippen MR) is 268 cm³/mol. The number of fused-ring (bicyclic) bond motifs is 2. The summed E-state index contributed by atoms with van der Waals surface area (Å²) in [5, 5.41) is 57.2. The van der Waals surface area contributed by atoms with Crippen LogP contribution in [0.25, 0.3) is 26.7 Å². The number of phenolic OH excluding ortho intramolecular Hbond substituents is 1. The second-order valence-corrected chi connectivity index (χ2v) is 25.2. The Balaban J connectivity index is 1.33. The van der Waals surface area contributed by atoms with E-state index in [2.05, 4.69) is 40.8 Å². The number of aromatic carboxylic acids is 1. The smallest absolute Gasteiger partial charge is 0.358 e. The monoisotopic (exact) mass is 1230 g/mol. The lowest BCUT2D eigenvalue weighted by atomic mass is 10.1. The van der Waals surface area contributed by atoms with Crippen molar-refractivity contribution in [3.63, 3.8) is 0 Å². The van der Waals surface area contributed by atoms with Gasteiger partial charge in [-0.15, -0.1) is 30.7 Å². The van der Waals surface area contributed by atoms with Crippen molar-refractivity contribution in [3.05, 3.63) is 71.9 Å². The van der Waals surface area contributed by atoms with Crippen molar-refractivity contribution in [2.24, 2.45) is 30.7 Å². The van der Waals surface area contributed by atoms with E-state index < -0.39 is 154 Å². The van der Waals surface area contributed by atoms with Crippen LogP contribution >= 0.6 is 11.3 Å². The van der Waals surface area contributed by atoms with Crippen LogP contribution in [-0.4, -0.2) is 133 Å². The van der Waals surface area contributed by atoms with Gasteiger partial charge in [0.15, 0.2) is 16.3 Å². The molecular weight excluding hydrogens is 1200 g/mol. The van der Waals surface area contributed by atoms with Gasteiger partial charge in [0, 0.05) is 16.8 Å². The SMILES string of the molecule is CCOc1ccc2nc(N=Nc3cc(OCCCS(=O)(=O)O)c(N=Nc4c(S(=O)(=O)O)cc5c(S(=O)(=O)O)c(N=Nc6c(C(=O)O)nn(-c7cc(S(=O)(=O)O)cc(S(=O)(=O)O)c7)c6O)ccc5c4O)cc3C)sc2c1S(=O)(=O)O. The lowest BCUT2D eigenvalue weighted by molar-refractivity contribution is 0.0690. The Morgan fingerprint density at radius 3 is 1.81 bits per heavy atom. The van der Waals surface area contributed by atoms with E-state index in [4.69, 9.17) is 9.47 Å². The van der Waals surface area contributed by atoms with Crippen molar-refractivity contribution in [1.82, 2.24) is 14.8 Å². The molecule has 2 aromatic heterocycles. The summed E-state index contributed by atoms with van der Waals surface area (Å²) < 4.78 is 217. The molecule has 0 fully saturated rings. The van der Waals surface area contributed by atoms with Crippen LogP contribution in [-0.2, 0) is 60.7 Å². The predicted octanol–water partition coefficient (Wildman–Crippen LogP) is 6.59. The molecule has 9 N–H and O–H groups in total. The van der Waals surface area contributed by atoms with Crippen molar-refractivity contribution in [3.8, 4) is 28.8 Å². The summed E-state index contributed by atoms with van der Waals surface area (Å²) >= 11 is 0.703. The average molecular weight is 1240 g/mol. The molecule has 0 saturated carbocycles. The minimum Gasteiger partial charge on any atom is -0.505 e. The third-order valence-corrected chi connectivity index (χ3v) is 16.6. The number of aromatic hydroxyl groups is 2. The molecular formula is C39H33N9O24S7. The summed E-state index contributed by atoms with van der Waals surface area (Å²) in [7, 11) is -31.2. The largest absolute Gasteiger partial charge is 0.505 e. The van der Waals surface area contributed by atoms with Gasteiger partial charge >= 0.3 is 5.97 Å². The van der Waals surface area contributed by atoms with Crippen molar-refractivity contribution in [2.75, 3.05) is 19.0 Å². The summed E-state index contributed by atoms with van der Waals surface area (Å²) in [6.45, 7) is 2.60. The first-order valence-electron chi connectivity index (χ1n) is 20.9. The molecule has 40 heteroatoms. The first kappa shape index (κ1) is 59.1. The maximum Gasteiger partial charge on any atom is 0.358 e. The highest BCUT2D eigenvalue weighted by molar-refractivity contribution is 7.87. The number of carboxylic acids is 1. The summed E-state index contributed by atoms with van der Waals surface area (Å²) in [5.74, 6) is -5.94. The molecule has 0 aliphatic carbocycles. The summed E-state index contributed by atoms with van der Waals surface area (Å²) in [6, 6.07) is 8.13. The number of ether oxygens (including phenoxy) is 2. The topological polar surface area (TPSA) is 527 Å². The number of rotatable bonds is 20. The highest BCUT2D eigenvalue weighted by Gasteiger charge is 2.31. The van der Waals surface area contributed by atoms with Gasteiger partial charge in [-0.2, -0.15) is 60.3 Å². The van der Waals surface area contributed by atoms with Gasteiger partial charge < -0.3 is 24.8 Å². The highest BCUT2D eigenvalue weighted by atomic mass is 32.2. The maximum absolute atomic E-state index is 13.0. The van der Waals surface area contributed by atoms with Crippen LogP contribution in [0.5, 0.6) is 23.1 Å². The van der Waals surface area contributed by atoms with Gasteiger partial charge in [-0.05, 0) is 80.4 Å². The van der Waals surface area contributed by atoms with Crippen LogP contribution in [0.15, 0.2) is 116 Å². The number of aryl methyl sites for hydroxylation is 1. The lowest BCUT2D eigenvalue weighted by Gasteiger charge is -2.13. The fourth-order valence-corrected chi connectivity index (χ4v) is 12.1. The molecule has 7 rings (SSSR count). The van der Waals surface area contributed by atoms with Crippen molar-refractivity contribution in [2.45, 2.75) is 44.7 Å². The van der Waals surface area contributed by atoms with Gasteiger partial charge in [-0.3, -0.25) is 27.3 Å². The number of aromatic nitrogens is 3. The Morgan fingerprint density at radius 2 is 1.24 bits per heavy atom. The number of thiazole rings is 1. The van der Waals surface area contributed by atoms with E-state index >= 15 is 0 Å². The molecule has 0 saturated heterocycles. The van der Waals surface area contributed by atoms with Gasteiger partial charge in [-0.25, -0.2) is 9.78 Å². The van der Waals surface area contributed by atoms with Gasteiger partial charge in [0.1, 0.15) is 38.4 Å². The second-order valence-electron chi connectivity index (χ2n) is 15.7. The molecule has 0 radical (unpaired) electrons. The first-order chi connectivity index (χ1) is 36.5. The van der Waals surface area contributed by atoms with Gasteiger partial charge in [0.05, 0.1) is 50.3 Å². The Kier molecular flexibility index (Phi) is 16.1. The van der Waals surface area contributed by atoms with Crippen LogP contribution < -0.4 is 9.47 Å². The second kappa shape index (κ2) is 21.6. The normalized spacial score (nSPS) is 13.2. The van der Waals surface area contributed by atoms with Gasteiger partial charge in [0.2, 0.25) is 16.7 Å². The molecule has 33 nitrogen and oxygen atoms in total. The molecule has 0 bridgehead atoms. The zero-order valence-corrected chi connectivity index (χ0v) is 44.8. The number of benzene rings is 5. The van der Waals surface area contributed by atoms with Crippen LogP contribution in [0, 0.1) is 6.92 Å². The molecule has 0 unspecified atom stereocenters. The minimum atomic E-state index is -5.68. The number of hydrogen-bond acceptors (Lipinski definition) is 26. The Hall–Kier alpha value is -7.61. The van der Waals surface area contributed by atoms with Crippen molar-refractivity contribution >= 4 is 133 Å². The van der Waals surface area contributed by atoms with Gasteiger partial charge in [-0.1, -0.05) is 11.3 Å². The van der Waals surface area contributed by atoms with Crippen LogP contribution in [0.2, 0.25) is 0 Å². The number of hydrogen-bond donors (Lipinski definition) is 9.